The van der Waals surface area contributed by atoms with E-state index >= 15 is 0 Å². The van der Waals surface area contributed by atoms with E-state index in [0.717, 1.165) is 17.7 Å². The Balaban J connectivity index is 1.44. The normalized spacial score (nSPS) is 18.5. The molecule has 1 N–H and O–H groups in total. The van der Waals surface area contributed by atoms with Gasteiger partial charge in [-0.05, 0) is 62.1 Å². The molecule has 9 heteroatoms. The maximum Gasteiger partial charge on any atom is 0.262 e. The van der Waals surface area contributed by atoms with E-state index in [4.69, 9.17) is 0 Å². The van der Waals surface area contributed by atoms with Crippen LogP contribution in [0.5, 0.6) is 0 Å². The summed E-state index contributed by atoms with van der Waals surface area (Å²) in [7, 11) is -3.58. The van der Waals surface area contributed by atoms with Gasteiger partial charge >= 0.3 is 0 Å². The highest BCUT2D eigenvalue weighted by Crippen LogP contribution is 2.26. The van der Waals surface area contributed by atoms with E-state index in [1.807, 2.05) is 0 Å². The Kier molecular flexibility index (Phi) is 5.87. The lowest BCUT2D eigenvalue weighted by molar-refractivity contribution is -0.119. The molecule has 8 nitrogen and oxygen atoms in total. The number of carbonyl (C=O) groups is 3. The van der Waals surface area contributed by atoms with Crippen LogP contribution in [0.1, 0.15) is 47.4 Å². The first-order chi connectivity index (χ1) is 15.2. The highest BCUT2D eigenvalue weighted by Gasteiger charge is 2.40. The topological polar surface area (TPSA) is 104 Å². The van der Waals surface area contributed by atoms with Crippen molar-refractivity contribution in [2.75, 3.05) is 18.4 Å². The third kappa shape index (κ3) is 3.93. The van der Waals surface area contributed by atoms with Crippen LogP contribution in [-0.4, -0.2) is 54.5 Å². The van der Waals surface area contributed by atoms with Gasteiger partial charge in [-0.15, -0.1) is 0 Å². The van der Waals surface area contributed by atoms with E-state index in [0.29, 0.717) is 24.7 Å². The molecule has 0 radical (unpaired) electrons. The summed E-state index contributed by atoms with van der Waals surface area (Å²) in [6, 6.07) is 11.3. The Bertz CT molecular complexity index is 1130. The van der Waals surface area contributed by atoms with Crippen LogP contribution in [0.25, 0.3) is 0 Å². The van der Waals surface area contributed by atoms with Crippen molar-refractivity contribution in [1.29, 1.82) is 0 Å². The lowest BCUT2D eigenvalue weighted by Crippen LogP contribution is -2.45. The van der Waals surface area contributed by atoms with E-state index in [2.05, 4.69) is 12.2 Å². The summed E-state index contributed by atoms with van der Waals surface area (Å²) in [4.78, 5) is 39.0. The minimum atomic E-state index is -3.58. The van der Waals surface area contributed by atoms with Crippen LogP contribution in [0.3, 0.4) is 0 Å². The highest BCUT2D eigenvalue weighted by molar-refractivity contribution is 7.89. The summed E-state index contributed by atoms with van der Waals surface area (Å²) >= 11 is 0. The Morgan fingerprint density at radius 2 is 1.50 bits per heavy atom. The molecular weight excluding hydrogens is 430 g/mol. The first-order valence-corrected chi connectivity index (χ1v) is 12.0. The minimum absolute atomic E-state index is 0.165. The van der Waals surface area contributed by atoms with Crippen LogP contribution in [0, 0.1) is 5.92 Å². The van der Waals surface area contributed by atoms with Gasteiger partial charge in [-0.2, -0.15) is 4.31 Å². The monoisotopic (exact) mass is 455 g/mol. The van der Waals surface area contributed by atoms with Gasteiger partial charge in [-0.1, -0.05) is 19.1 Å². The molecule has 0 spiro atoms. The van der Waals surface area contributed by atoms with Gasteiger partial charge < -0.3 is 5.32 Å². The van der Waals surface area contributed by atoms with Crippen molar-refractivity contribution >= 4 is 33.4 Å². The molecule has 0 aromatic heterocycles. The third-order valence-electron chi connectivity index (χ3n) is 6.09. The molecule has 32 heavy (non-hydrogen) atoms. The van der Waals surface area contributed by atoms with Gasteiger partial charge in [0.1, 0.15) is 6.04 Å². The van der Waals surface area contributed by atoms with E-state index in [1.54, 1.807) is 24.3 Å². The van der Waals surface area contributed by atoms with E-state index < -0.39 is 33.8 Å². The molecule has 3 amide bonds. The molecule has 0 bridgehead atoms. The van der Waals surface area contributed by atoms with E-state index in [1.165, 1.54) is 35.5 Å². The second-order valence-electron chi connectivity index (χ2n) is 8.30. The zero-order valence-electron chi connectivity index (χ0n) is 17.9. The van der Waals surface area contributed by atoms with Crippen molar-refractivity contribution in [3.8, 4) is 0 Å². The van der Waals surface area contributed by atoms with Gasteiger partial charge in [-0.3, -0.25) is 19.3 Å². The average Bonchev–Trinajstić information content (AvgIpc) is 3.04. The number of anilines is 1. The molecule has 0 saturated carbocycles. The van der Waals surface area contributed by atoms with E-state index in [-0.39, 0.29) is 16.0 Å². The number of carbonyl (C=O) groups excluding carboxylic acids is 3. The lowest BCUT2D eigenvalue weighted by Gasteiger charge is -2.29. The van der Waals surface area contributed by atoms with Crippen molar-refractivity contribution in [2.24, 2.45) is 5.92 Å². The Morgan fingerprint density at radius 3 is 2.03 bits per heavy atom. The summed E-state index contributed by atoms with van der Waals surface area (Å²) in [5.74, 6) is -1.04. The van der Waals surface area contributed by atoms with Crippen molar-refractivity contribution in [3.05, 3.63) is 59.7 Å². The van der Waals surface area contributed by atoms with Crippen molar-refractivity contribution in [2.45, 2.75) is 37.6 Å². The van der Waals surface area contributed by atoms with Gasteiger partial charge in [0.25, 0.3) is 11.8 Å². The summed E-state index contributed by atoms with van der Waals surface area (Å²) < 4.78 is 27.2. The van der Waals surface area contributed by atoms with Crippen LogP contribution in [0.4, 0.5) is 5.69 Å². The summed E-state index contributed by atoms with van der Waals surface area (Å²) in [6.07, 6.45) is 1.67. The first kappa shape index (κ1) is 22.2. The van der Waals surface area contributed by atoms with Crippen molar-refractivity contribution < 1.29 is 22.8 Å². The lowest BCUT2D eigenvalue weighted by atomic mass is 10.0. The largest absolute Gasteiger partial charge is 0.324 e. The smallest absolute Gasteiger partial charge is 0.262 e. The van der Waals surface area contributed by atoms with Gasteiger partial charge in [0, 0.05) is 18.8 Å². The fourth-order valence-corrected chi connectivity index (χ4v) is 5.48. The number of piperidine rings is 1. The molecule has 2 aliphatic heterocycles. The standard InChI is InChI=1S/C23H25N3O5S/c1-15-11-13-25(14-12-15)32(30,31)18-9-7-17(8-10-18)24-21(27)16(2)26-22(28)19-5-3-4-6-20(19)23(26)29/h3-10,15-16H,11-14H2,1-2H3,(H,24,27). The molecule has 2 aromatic rings. The van der Waals surface area contributed by atoms with E-state index in [9.17, 15) is 22.8 Å². The number of fused-ring (bicyclic) bond motifs is 1. The molecule has 1 unspecified atom stereocenters. The summed E-state index contributed by atoms with van der Waals surface area (Å²) in [5.41, 5.74) is 0.933. The number of imide groups is 1. The van der Waals surface area contributed by atoms with Crippen LogP contribution < -0.4 is 5.32 Å². The van der Waals surface area contributed by atoms with Crippen LogP contribution in [-0.2, 0) is 14.8 Å². The van der Waals surface area contributed by atoms with Crippen LogP contribution in [0.2, 0.25) is 0 Å². The maximum absolute atomic E-state index is 12.8. The molecule has 168 valence electrons. The van der Waals surface area contributed by atoms with Crippen LogP contribution >= 0.6 is 0 Å². The average molecular weight is 456 g/mol. The molecule has 1 saturated heterocycles. The number of amides is 3. The second kappa shape index (κ2) is 8.48. The molecule has 2 aromatic carbocycles. The summed E-state index contributed by atoms with van der Waals surface area (Å²) in [6.45, 7) is 4.59. The number of benzene rings is 2. The fraction of sp³-hybridized carbons (Fsp3) is 0.348. The van der Waals surface area contributed by atoms with Gasteiger partial charge in [0.2, 0.25) is 15.9 Å². The Morgan fingerprint density at radius 1 is 0.969 bits per heavy atom. The quantitative estimate of drug-likeness (QED) is 0.698. The molecule has 0 aliphatic carbocycles. The molecule has 2 aliphatic rings. The zero-order chi connectivity index (χ0) is 23.0. The second-order valence-corrected chi connectivity index (χ2v) is 10.2. The maximum atomic E-state index is 12.8. The van der Waals surface area contributed by atoms with Crippen molar-refractivity contribution in [3.63, 3.8) is 0 Å². The van der Waals surface area contributed by atoms with Gasteiger partial charge in [-0.25, -0.2) is 8.42 Å². The van der Waals surface area contributed by atoms with Crippen molar-refractivity contribution in [1.82, 2.24) is 9.21 Å². The zero-order valence-corrected chi connectivity index (χ0v) is 18.8. The number of hydrogen-bond donors (Lipinski definition) is 1. The molecule has 4 rings (SSSR count). The predicted molar refractivity (Wildman–Crippen MR) is 119 cm³/mol. The minimum Gasteiger partial charge on any atom is -0.324 e. The first-order valence-electron chi connectivity index (χ1n) is 10.6. The number of nitrogens with one attached hydrogen (secondary N) is 1. The Hall–Kier alpha value is -3.04. The summed E-state index contributed by atoms with van der Waals surface area (Å²) in [5, 5.41) is 2.66. The molecule has 2 heterocycles. The highest BCUT2D eigenvalue weighted by atomic mass is 32.2. The molecule has 1 atom stereocenters. The van der Waals surface area contributed by atoms with Gasteiger partial charge in [0.15, 0.2) is 0 Å². The van der Waals surface area contributed by atoms with Gasteiger partial charge in [0.05, 0.1) is 16.0 Å². The SMILES string of the molecule is CC1CCN(S(=O)(=O)c2ccc(NC(=O)C(C)N3C(=O)c4ccccc4C3=O)cc2)CC1. The predicted octanol–water partition coefficient (Wildman–Crippen LogP) is 2.73. The third-order valence-corrected chi connectivity index (χ3v) is 8.01. The number of sulfonamides is 1. The number of rotatable bonds is 5. The Labute approximate surface area is 187 Å². The number of hydrogen-bond acceptors (Lipinski definition) is 5. The molecule has 1 fully saturated rings. The molecular formula is C23H25N3O5S. The number of nitrogens with zero attached hydrogens (tertiary/aromatic N) is 2. The fourth-order valence-electron chi connectivity index (χ4n) is 4.01. The van der Waals surface area contributed by atoms with Crippen LogP contribution in [0.15, 0.2) is 53.4 Å².